The maximum Gasteiger partial charge on any atom is 0.253 e. The van der Waals surface area contributed by atoms with Crippen LogP contribution in [0, 0.1) is 0 Å². The summed E-state index contributed by atoms with van der Waals surface area (Å²) in [5.41, 5.74) is 1.31. The van der Waals surface area contributed by atoms with Gasteiger partial charge in [0.1, 0.15) is 11.9 Å². The van der Waals surface area contributed by atoms with Crippen LogP contribution in [0.3, 0.4) is 0 Å². The molecule has 1 unspecified atom stereocenters. The van der Waals surface area contributed by atoms with Crippen molar-refractivity contribution in [3.05, 3.63) is 24.3 Å². The average Bonchev–Trinajstić information content (AvgIpc) is 2.90. The number of nitrogens with zero attached hydrogens (tertiary/aromatic N) is 2. The third kappa shape index (κ3) is 3.21. The van der Waals surface area contributed by atoms with E-state index in [-0.39, 0.29) is 31.4 Å². The zero-order chi connectivity index (χ0) is 16.6. The molecule has 2 aliphatic heterocycles. The van der Waals surface area contributed by atoms with Crippen molar-refractivity contribution >= 4 is 33.2 Å². The van der Waals surface area contributed by atoms with E-state index in [0.717, 1.165) is 5.69 Å². The number of hydrogen-bond donors (Lipinski definition) is 1. The largest absolute Gasteiger partial charge is 0.370 e. The predicted molar refractivity (Wildman–Crippen MR) is 83.5 cm³/mol. The second kappa shape index (κ2) is 5.91. The van der Waals surface area contributed by atoms with Gasteiger partial charge in [0.15, 0.2) is 0 Å². The van der Waals surface area contributed by atoms with E-state index in [9.17, 15) is 18.0 Å². The van der Waals surface area contributed by atoms with Crippen LogP contribution in [0.25, 0.3) is 0 Å². The zero-order valence-corrected chi connectivity index (χ0v) is 13.2. The fourth-order valence-electron chi connectivity index (χ4n) is 2.75. The minimum absolute atomic E-state index is 0.0491. The number of hydrogen-bond acceptors (Lipinski definition) is 5. The lowest BCUT2D eigenvalue weighted by Gasteiger charge is -2.27. The van der Waals surface area contributed by atoms with Gasteiger partial charge in [-0.2, -0.15) is 0 Å². The molecule has 2 aliphatic rings. The van der Waals surface area contributed by atoms with E-state index in [4.69, 9.17) is 9.88 Å². The van der Waals surface area contributed by atoms with Gasteiger partial charge in [-0.3, -0.25) is 9.59 Å². The van der Waals surface area contributed by atoms with Crippen LogP contribution in [-0.2, 0) is 24.3 Å². The highest BCUT2D eigenvalue weighted by Crippen LogP contribution is 2.27. The highest BCUT2D eigenvalue weighted by molar-refractivity contribution is 7.89. The zero-order valence-electron chi connectivity index (χ0n) is 12.3. The number of amides is 2. The number of primary sulfonamides is 1. The van der Waals surface area contributed by atoms with Crippen molar-refractivity contribution in [1.29, 1.82) is 0 Å². The molecule has 1 aromatic rings. The van der Waals surface area contributed by atoms with E-state index < -0.39 is 15.3 Å². The van der Waals surface area contributed by atoms with Crippen LogP contribution in [0.15, 0.2) is 24.3 Å². The van der Waals surface area contributed by atoms with Crippen molar-refractivity contribution in [3.63, 3.8) is 0 Å². The van der Waals surface area contributed by atoms with Gasteiger partial charge in [-0.05, 0) is 24.3 Å². The summed E-state index contributed by atoms with van der Waals surface area (Å²) >= 11 is 0. The summed E-state index contributed by atoms with van der Waals surface area (Å²) < 4.78 is 27.9. The number of sulfonamides is 1. The Kier molecular flexibility index (Phi) is 4.09. The molecular formula is C14H17N3O5S. The Labute approximate surface area is 133 Å². The van der Waals surface area contributed by atoms with E-state index in [1.54, 1.807) is 29.2 Å². The van der Waals surface area contributed by atoms with E-state index >= 15 is 0 Å². The van der Waals surface area contributed by atoms with Gasteiger partial charge in [0.2, 0.25) is 15.9 Å². The first-order chi connectivity index (χ1) is 10.9. The Morgan fingerprint density at radius 2 is 1.65 bits per heavy atom. The molecule has 0 spiro atoms. The Balaban J connectivity index is 1.77. The van der Waals surface area contributed by atoms with E-state index in [2.05, 4.69) is 0 Å². The number of morpholine rings is 1. The minimum atomic E-state index is -3.74. The summed E-state index contributed by atoms with van der Waals surface area (Å²) in [6.45, 7) is 1.07. The van der Waals surface area contributed by atoms with Crippen molar-refractivity contribution < 1.29 is 22.7 Å². The lowest BCUT2D eigenvalue weighted by molar-refractivity contribution is -0.125. The van der Waals surface area contributed by atoms with Gasteiger partial charge in [0.05, 0.1) is 6.61 Å². The van der Waals surface area contributed by atoms with Crippen molar-refractivity contribution in [2.24, 2.45) is 5.14 Å². The van der Waals surface area contributed by atoms with Gasteiger partial charge in [-0.25, -0.2) is 13.6 Å². The van der Waals surface area contributed by atoms with Gasteiger partial charge < -0.3 is 14.5 Å². The van der Waals surface area contributed by atoms with E-state index in [1.807, 2.05) is 0 Å². The molecule has 0 bridgehead atoms. The second-order valence-electron chi connectivity index (χ2n) is 5.53. The van der Waals surface area contributed by atoms with Crippen LogP contribution in [0.5, 0.6) is 0 Å². The number of benzene rings is 1. The monoisotopic (exact) mass is 339 g/mol. The summed E-state index contributed by atoms with van der Waals surface area (Å²) in [4.78, 5) is 26.8. The van der Waals surface area contributed by atoms with Crippen molar-refractivity contribution in [3.8, 4) is 0 Å². The summed E-state index contributed by atoms with van der Waals surface area (Å²) in [5, 5.41) is 4.24. The molecule has 2 N–H and O–H groups in total. The first-order valence-electron chi connectivity index (χ1n) is 7.16. The minimum Gasteiger partial charge on any atom is -0.370 e. The molecule has 3 rings (SSSR count). The molecule has 1 aromatic carbocycles. The van der Waals surface area contributed by atoms with Crippen molar-refractivity contribution in [2.45, 2.75) is 11.7 Å². The summed E-state index contributed by atoms with van der Waals surface area (Å²) in [7, 11) is -3.74. The van der Waals surface area contributed by atoms with Crippen LogP contribution in [0.2, 0.25) is 0 Å². The molecule has 2 saturated heterocycles. The fraction of sp³-hybridized carbons (Fsp3) is 0.429. The Morgan fingerprint density at radius 3 is 2.17 bits per heavy atom. The maximum absolute atomic E-state index is 12.0. The fourth-order valence-corrected chi connectivity index (χ4v) is 3.48. The van der Waals surface area contributed by atoms with Gasteiger partial charge in [0, 0.05) is 30.9 Å². The Hall–Kier alpha value is -1.97. The molecule has 9 heteroatoms. The summed E-state index contributed by atoms with van der Waals surface area (Å²) in [6.07, 6.45) is -0.109. The molecule has 2 heterocycles. The third-order valence-electron chi connectivity index (χ3n) is 4.01. The highest BCUT2D eigenvalue weighted by atomic mass is 32.2. The lowest BCUT2D eigenvalue weighted by Crippen LogP contribution is -2.41. The Morgan fingerprint density at radius 1 is 1.04 bits per heavy atom. The summed E-state index contributed by atoms with van der Waals surface area (Å²) in [6, 6.07) is 6.86. The second-order valence-corrected chi connectivity index (χ2v) is 7.38. The van der Waals surface area contributed by atoms with Gasteiger partial charge >= 0.3 is 0 Å². The summed E-state index contributed by atoms with van der Waals surface area (Å²) in [5.74, 6) is -0.394. The quantitative estimate of drug-likeness (QED) is 0.794. The number of rotatable bonds is 3. The molecule has 0 aromatic heterocycles. The number of anilines is 2. The molecule has 0 saturated carbocycles. The smallest absolute Gasteiger partial charge is 0.253 e. The molecule has 8 nitrogen and oxygen atoms in total. The number of carbonyl (C=O) groups excluding carboxylic acids is 2. The molecule has 23 heavy (non-hydrogen) atoms. The average molecular weight is 339 g/mol. The molecule has 2 amide bonds. The van der Waals surface area contributed by atoms with Crippen molar-refractivity contribution in [1.82, 2.24) is 0 Å². The standard InChI is InChI=1S/C14H17N3O5S/c15-23(20,21)12-7-13(18)17(8-12)11-3-1-10(2-4-11)16-5-6-22-9-14(16)19/h1-4,12H,5-9H2,(H2,15,20,21). The molecule has 1 atom stereocenters. The third-order valence-corrected chi connectivity index (χ3v) is 5.26. The predicted octanol–water partition coefficient (Wildman–Crippen LogP) is -0.556. The highest BCUT2D eigenvalue weighted by Gasteiger charge is 2.37. The normalized spacial score (nSPS) is 22.7. The molecular weight excluding hydrogens is 322 g/mol. The number of ether oxygens (including phenoxy) is 1. The van der Waals surface area contributed by atoms with Crippen LogP contribution in [-0.4, -0.2) is 51.8 Å². The molecule has 124 valence electrons. The van der Waals surface area contributed by atoms with Crippen LogP contribution in [0.4, 0.5) is 11.4 Å². The van der Waals surface area contributed by atoms with Crippen molar-refractivity contribution in [2.75, 3.05) is 36.1 Å². The Bertz CT molecular complexity index is 731. The number of nitrogens with two attached hydrogens (primary N) is 1. The first-order valence-corrected chi connectivity index (χ1v) is 8.77. The van der Waals surface area contributed by atoms with E-state index in [0.29, 0.717) is 18.8 Å². The van der Waals surface area contributed by atoms with Gasteiger partial charge in [-0.1, -0.05) is 0 Å². The molecule has 0 aliphatic carbocycles. The maximum atomic E-state index is 12.0. The molecule has 2 fully saturated rings. The van der Waals surface area contributed by atoms with Crippen LogP contribution in [0.1, 0.15) is 6.42 Å². The topological polar surface area (TPSA) is 110 Å². The van der Waals surface area contributed by atoms with Gasteiger partial charge in [0.25, 0.3) is 5.91 Å². The molecule has 0 radical (unpaired) electrons. The van der Waals surface area contributed by atoms with E-state index in [1.165, 1.54) is 4.90 Å². The van der Waals surface area contributed by atoms with Gasteiger partial charge in [-0.15, -0.1) is 0 Å². The van der Waals surface area contributed by atoms with Crippen LogP contribution >= 0.6 is 0 Å². The lowest BCUT2D eigenvalue weighted by atomic mass is 10.2. The SMILES string of the molecule is NS(=O)(=O)C1CC(=O)N(c2ccc(N3CCOCC3=O)cc2)C1. The number of carbonyl (C=O) groups is 2. The van der Waals surface area contributed by atoms with Crippen LogP contribution < -0.4 is 14.9 Å². The first kappa shape index (κ1) is 15.9.